The number of methoxy groups -OCH3 is 1. The molecule has 0 saturated carbocycles. The third-order valence-electron chi connectivity index (χ3n) is 12.2. The summed E-state index contributed by atoms with van der Waals surface area (Å²) in [5.74, 6) is 0.0330. The molecule has 71 heavy (non-hydrogen) atoms. The molecule has 33 nitrogen and oxygen atoms in total. The van der Waals surface area contributed by atoms with Crippen LogP contribution in [-0.2, 0) is 67.2 Å². The number of imidazole rings is 3. The van der Waals surface area contributed by atoms with E-state index < -0.39 is 115 Å². The van der Waals surface area contributed by atoms with E-state index in [4.69, 9.17) is 63.5 Å². The van der Waals surface area contributed by atoms with E-state index in [-0.39, 0.29) is 64.0 Å². The van der Waals surface area contributed by atoms with Crippen molar-refractivity contribution in [3.63, 3.8) is 0 Å². The Labute approximate surface area is 402 Å². The number of phosphoric acid groups is 2. The standard InChI is InChI=1S/C34H44N15O18P3S/c1-58-21-15(6-61-70(56,57)71)64-33(49-13-46-18-27(37)40-10-43-30(18)49)23(21)67-68(52,53)60-5-14-19(50)22(32(63-14)48-12-45-17-26(36)39-9-42-29(17)48)66-69(54,55)62-7-34-3-2-4-59-24(34)20(51)31(65-34)47-11-44-16-25(35)38-8-41-28(16)47/h8-15,19-24,31-33,50-51H,2-7H2,1H3,(H,52,53)(H,54,55)(H2,35,38,41)(H2,36,39,42)(H2,37,40,43)(H2,56,57,71)/t14-,15-,19?,20?,21?,22?,23?,24?,31-,32-,33-,34-/m1/s1. The van der Waals surface area contributed by atoms with Crippen LogP contribution in [0.2, 0.25) is 0 Å². The normalized spacial score (nSPS) is 31.9. The van der Waals surface area contributed by atoms with E-state index in [0.717, 1.165) is 12.7 Å². The molecule has 12 N–H and O–H groups in total. The number of nitrogens with two attached hydrogens (primary N) is 3. The molecule has 384 valence electrons. The summed E-state index contributed by atoms with van der Waals surface area (Å²) in [6.45, 7) is -6.22. The highest BCUT2D eigenvalue weighted by atomic mass is 32.5. The van der Waals surface area contributed by atoms with Crippen LogP contribution in [0.5, 0.6) is 0 Å². The van der Waals surface area contributed by atoms with Gasteiger partial charge in [0.2, 0.25) is 0 Å². The highest BCUT2D eigenvalue weighted by Crippen LogP contribution is 2.55. The van der Waals surface area contributed by atoms with E-state index in [9.17, 15) is 38.9 Å². The second-order valence-electron chi connectivity index (χ2n) is 16.5. The number of aromatic nitrogens is 12. The lowest BCUT2D eigenvalue weighted by atomic mass is 9.89. The lowest BCUT2D eigenvalue weighted by molar-refractivity contribution is -0.165. The van der Waals surface area contributed by atoms with Crippen molar-refractivity contribution in [1.82, 2.24) is 58.6 Å². The molecule has 0 bridgehead atoms. The van der Waals surface area contributed by atoms with E-state index in [1.54, 1.807) is 0 Å². The first-order valence-corrected chi connectivity index (χ1v) is 26.7. The van der Waals surface area contributed by atoms with Crippen molar-refractivity contribution in [1.29, 1.82) is 0 Å². The Morgan fingerprint density at radius 2 is 1.17 bits per heavy atom. The van der Waals surface area contributed by atoms with E-state index in [2.05, 4.69) is 56.7 Å². The molecule has 4 saturated heterocycles. The van der Waals surface area contributed by atoms with Gasteiger partial charge >= 0.3 is 22.4 Å². The molecule has 8 unspecified atom stereocenters. The molecule has 0 aliphatic carbocycles. The predicted octanol–water partition coefficient (Wildman–Crippen LogP) is -1.54. The van der Waals surface area contributed by atoms with Gasteiger partial charge in [-0.25, -0.2) is 54.0 Å². The maximum Gasteiger partial charge on any atom is 0.472 e. The van der Waals surface area contributed by atoms with Gasteiger partial charge in [0.1, 0.15) is 90.0 Å². The van der Waals surface area contributed by atoms with Crippen molar-refractivity contribution < 1.29 is 85.2 Å². The van der Waals surface area contributed by atoms with Crippen molar-refractivity contribution in [2.24, 2.45) is 0 Å². The molecule has 37 heteroatoms. The smallest absolute Gasteiger partial charge is 0.387 e. The number of rotatable bonds is 17. The Morgan fingerprint density at radius 1 is 0.676 bits per heavy atom. The SMILES string of the molecule is COC1C(OP(=O)(O)OC[C@H]2O[C@@H](n3cnc4c(N)ncnc43)C(OP(=O)(O)OC[C@]34CCCOC3C(O)[C@H](n3cnc5c(N)ncnc53)O4)C2O)[C@H](n2cnc3c(N)ncnc32)O[C@@H]1COP(O)(O)=S. The first-order valence-electron chi connectivity index (χ1n) is 21.1. The molecule has 10 heterocycles. The third-order valence-corrected chi connectivity index (χ3v) is 14.9. The van der Waals surface area contributed by atoms with Crippen LogP contribution < -0.4 is 17.2 Å². The zero-order valence-corrected chi connectivity index (χ0v) is 40.0. The maximum atomic E-state index is 14.1. The molecule has 0 aromatic carbocycles. The van der Waals surface area contributed by atoms with Gasteiger partial charge in [0.15, 0.2) is 53.1 Å². The van der Waals surface area contributed by atoms with E-state index in [1.807, 2.05) is 0 Å². The van der Waals surface area contributed by atoms with Crippen molar-refractivity contribution in [3.8, 4) is 0 Å². The Bertz CT molecular complexity index is 3100. The number of hydrogen-bond donors (Lipinski definition) is 9. The summed E-state index contributed by atoms with van der Waals surface area (Å²) in [4.78, 5) is 79.3. The molecule has 4 aliphatic heterocycles. The minimum Gasteiger partial charge on any atom is -0.387 e. The minimum absolute atomic E-state index is 0.00410. The van der Waals surface area contributed by atoms with E-state index in [1.165, 1.54) is 46.1 Å². The lowest BCUT2D eigenvalue weighted by Gasteiger charge is -2.38. The van der Waals surface area contributed by atoms with Crippen molar-refractivity contribution in [3.05, 3.63) is 38.0 Å². The highest BCUT2D eigenvalue weighted by molar-refractivity contribution is 8.06. The van der Waals surface area contributed by atoms with Crippen LogP contribution in [0.15, 0.2) is 38.0 Å². The fourth-order valence-electron chi connectivity index (χ4n) is 9.00. The number of nitrogen functional groups attached to an aromatic ring is 3. The van der Waals surface area contributed by atoms with Crippen LogP contribution >= 0.6 is 22.4 Å². The van der Waals surface area contributed by atoms with Gasteiger partial charge in [-0.3, -0.25) is 31.8 Å². The summed E-state index contributed by atoms with van der Waals surface area (Å²) in [6, 6.07) is 0. The summed E-state index contributed by atoms with van der Waals surface area (Å²) < 4.78 is 89.4. The molecule has 4 fully saturated rings. The molecular formula is C34H44N15O18P3S. The Morgan fingerprint density at radius 3 is 1.72 bits per heavy atom. The van der Waals surface area contributed by atoms with Crippen molar-refractivity contribution >= 4 is 85.1 Å². The monoisotopic (exact) mass is 1080 g/mol. The molecule has 6 aromatic rings. The van der Waals surface area contributed by atoms with Gasteiger partial charge in [-0.15, -0.1) is 0 Å². The van der Waals surface area contributed by atoms with Crippen LogP contribution in [-0.4, -0.2) is 176 Å². The topological polar surface area (TPSA) is 457 Å². The van der Waals surface area contributed by atoms with Gasteiger partial charge in [0.05, 0.1) is 38.8 Å². The zero-order chi connectivity index (χ0) is 50.2. The number of aliphatic hydroxyl groups is 2. The van der Waals surface area contributed by atoms with Crippen molar-refractivity contribution in [2.45, 2.75) is 86.0 Å². The number of aliphatic hydroxyl groups excluding tert-OH is 2. The van der Waals surface area contributed by atoms with Gasteiger partial charge in [-0.05, 0) is 24.6 Å². The van der Waals surface area contributed by atoms with Crippen LogP contribution in [0.3, 0.4) is 0 Å². The van der Waals surface area contributed by atoms with Crippen LogP contribution in [0.1, 0.15) is 31.5 Å². The first kappa shape index (κ1) is 50.1. The molecule has 0 amide bonds. The molecule has 0 spiro atoms. The highest BCUT2D eigenvalue weighted by Gasteiger charge is 2.59. The molecule has 14 atom stereocenters. The Balaban J connectivity index is 0.884. The summed E-state index contributed by atoms with van der Waals surface area (Å²) in [7, 11) is -9.41. The predicted molar refractivity (Wildman–Crippen MR) is 238 cm³/mol. The Kier molecular flexibility index (Phi) is 13.5. The number of hydrogen-bond acceptors (Lipinski definition) is 27. The number of nitrogens with zero attached hydrogens (tertiary/aromatic N) is 12. The Hall–Kier alpha value is -4.48. The zero-order valence-electron chi connectivity index (χ0n) is 36.5. The largest absolute Gasteiger partial charge is 0.472 e. The molecular weight excluding hydrogens is 1030 g/mol. The summed E-state index contributed by atoms with van der Waals surface area (Å²) in [5, 5.41) is 23.3. The van der Waals surface area contributed by atoms with Gasteiger partial charge in [-0.2, -0.15) is 0 Å². The number of anilines is 3. The minimum atomic E-state index is -5.31. The van der Waals surface area contributed by atoms with Crippen LogP contribution in [0.25, 0.3) is 33.5 Å². The van der Waals surface area contributed by atoms with Crippen LogP contribution in [0.4, 0.5) is 17.5 Å². The lowest BCUT2D eigenvalue weighted by Crippen LogP contribution is -2.51. The molecule has 0 radical (unpaired) electrons. The summed E-state index contributed by atoms with van der Waals surface area (Å²) >= 11 is 4.59. The van der Waals surface area contributed by atoms with Gasteiger partial charge in [-0.1, -0.05) is 0 Å². The van der Waals surface area contributed by atoms with Gasteiger partial charge in [0.25, 0.3) is 0 Å². The summed E-state index contributed by atoms with van der Waals surface area (Å²) in [5.41, 5.74) is 17.3. The number of fused-ring (bicyclic) bond motifs is 4. The van der Waals surface area contributed by atoms with Crippen molar-refractivity contribution in [2.75, 3.05) is 50.7 Å². The number of ether oxygens (including phenoxy) is 5. The quantitative estimate of drug-likeness (QED) is 0.0467. The van der Waals surface area contributed by atoms with E-state index >= 15 is 0 Å². The first-order chi connectivity index (χ1) is 33.8. The summed E-state index contributed by atoms with van der Waals surface area (Å²) in [6.07, 6.45) is -8.31. The average Bonchev–Trinajstić information content (AvgIpc) is 4.19. The second kappa shape index (κ2) is 19.1. The second-order valence-corrected chi connectivity index (χ2v) is 21.9. The molecule has 4 aliphatic rings. The van der Waals surface area contributed by atoms with Gasteiger partial charge in [0, 0.05) is 13.7 Å². The fraction of sp³-hybridized carbons (Fsp3) is 0.559. The van der Waals surface area contributed by atoms with Gasteiger partial charge < -0.3 is 75.2 Å². The fourth-order valence-corrected chi connectivity index (χ4v) is 11.4. The average molecular weight is 1080 g/mol. The van der Waals surface area contributed by atoms with E-state index in [0.29, 0.717) is 6.42 Å². The van der Waals surface area contributed by atoms with Crippen LogP contribution in [0, 0.1) is 0 Å². The third kappa shape index (κ3) is 9.53. The molecule has 6 aromatic heterocycles. The number of phosphoric ester groups is 2. The molecule has 10 rings (SSSR count). The maximum absolute atomic E-state index is 14.1.